The molecule has 1 aromatic rings. The Kier molecular flexibility index (Phi) is 3.57. The van der Waals surface area contributed by atoms with E-state index in [9.17, 15) is 9.59 Å². The zero-order valence-electron chi connectivity index (χ0n) is 15.2. The van der Waals surface area contributed by atoms with Gasteiger partial charge in [0.1, 0.15) is 0 Å². The lowest BCUT2D eigenvalue weighted by Crippen LogP contribution is -2.46. The van der Waals surface area contributed by atoms with E-state index in [4.69, 9.17) is 0 Å². The molecule has 1 heterocycles. The summed E-state index contributed by atoms with van der Waals surface area (Å²) in [7, 11) is 0. The molecule has 132 valence electrons. The summed E-state index contributed by atoms with van der Waals surface area (Å²) in [6.07, 6.45) is 7.21. The number of hydrogen-bond donors (Lipinski definition) is 0. The van der Waals surface area contributed by atoms with Crippen molar-refractivity contribution in [2.75, 3.05) is 5.01 Å². The molecule has 4 nitrogen and oxygen atoms in total. The van der Waals surface area contributed by atoms with Gasteiger partial charge in [-0.1, -0.05) is 45.0 Å². The molecule has 4 rings (SSSR count). The second kappa shape index (κ2) is 5.45. The Hall–Kier alpha value is -2.10. The van der Waals surface area contributed by atoms with Gasteiger partial charge < -0.3 is 0 Å². The van der Waals surface area contributed by atoms with Gasteiger partial charge in [-0.05, 0) is 49.1 Å². The van der Waals surface area contributed by atoms with E-state index in [0.717, 1.165) is 31.4 Å². The van der Waals surface area contributed by atoms with Crippen molar-refractivity contribution in [2.24, 2.45) is 16.7 Å². The summed E-state index contributed by atoms with van der Waals surface area (Å²) in [6, 6.07) is 9.57. The van der Waals surface area contributed by atoms with Crippen molar-refractivity contribution in [2.45, 2.75) is 52.5 Å². The predicted octanol–water partition coefficient (Wildman–Crippen LogP) is 3.94. The van der Waals surface area contributed by atoms with E-state index in [2.05, 4.69) is 13.8 Å². The summed E-state index contributed by atoms with van der Waals surface area (Å²) in [5, 5.41) is 3.42. The Morgan fingerprint density at radius 2 is 2.00 bits per heavy atom. The summed E-state index contributed by atoms with van der Waals surface area (Å²) < 4.78 is 0. The molecule has 1 spiro atoms. The molecular formula is C21H26N2O2. The average molecular weight is 338 g/mol. The van der Waals surface area contributed by atoms with Crippen LogP contribution in [0.25, 0.3) is 0 Å². The molecule has 2 amide bonds. The molecular weight excluding hydrogens is 312 g/mol. The molecule has 0 unspecified atom stereocenters. The number of rotatable bonds is 3. The molecule has 3 aliphatic rings. The fourth-order valence-corrected chi connectivity index (χ4v) is 5.55. The normalized spacial score (nSPS) is 32.7. The van der Waals surface area contributed by atoms with Crippen molar-refractivity contribution in [1.82, 2.24) is 5.01 Å². The fraction of sp³-hybridized carbons (Fsp3) is 0.524. The lowest BCUT2D eigenvalue weighted by Gasteiger charge is -2.34. The molecule has 1 aliphatic heterocycles. The van der Waals surface area contributed by atoms with Crippen LogP contribution < -0.4 is 5.01 Å². The SMILES string of the molecule is CC/C=C/C(=O)N1[C@@H]2C[C@H]3CC[C@]2(C(=O)N1c1ccccc1)C3(C)C. The van der Waals surface area contributed by atoms with Gasteiger partial charge in [0.25, 0.3) is 11.8 Å². The lowest BCUT2D eigenvalue weighted by molar-refractivity contribution is -0.131. The van der Waals surface area contributed by atoms with Crippen LogP contribution in [0, 0.1) is 16.7 Å². The Morgan fingerprint density at radius 3 is 2.64 bits per heavy atom. The number of allylic oxidation sites excluding steroid dienone is 1. The number of hydrazine groups is 1. The van der Waals surface area contributed by atoms with Crippen molar-refractivity contribution >= 4 is 17.5 Å². The van der Waals surface area contributed by atoms with Crippen molar-refractivity contribution < 1.29 is 9.59 Å². The highest BCUT2D eigenvalue weighted by Crippen LogP contribution is 2.70. The summed E-state index contributed by atoms with van der Waals surface area (Å²) >= 11 is 0. The van der Waals surface area contributed by atoms with Gasteiger partial charge in [-0.2, -0.15) is 0 Å². The molecule has 2 saturated carbocycles. The number of nitrogens with zero attached hydrogens (tertiary/aromatic N) is 2. The Balaban J connectivity index is 1.84. The van der Waals surface area contributed by atoms with Crippen LogP contribution in [-0.4, -0.2) is 22.9 Å². The maximum atomic E-state index is 13.7. The number of anilines is 1. The van der Waals surface area contributed by atoms with Crippen molar-refractivity contribution in [1.29, 1.82) is 0 Å². The average Bonchev–Trinajstić information content (AvgIpc) is 3.13. The molecule has 2 bridgehead atoms. The molecule has 4 heteroatoms. The molecule has 0 N–H and O–H groups in total. The highest BCUT2D eigenvalue weighted by molar-refractivity contribution is 6.06. The maximum Gasteiger partial charge on any atom is 0.265 e. The predicted molar refractivity (Wildman–Crippen MR) is 97.5 cm³/mol. The van der Waals surface area contributed by atoms with Crippen LogP contribution in [0.1, 0.15) is 46.5 Å². The summed E-state index contributed by atoms with van der Waals surface area (Å²) in [5.74, 6) is 0.543. The summed E-state index contributed by atoms with van der Waals surface area (Å²) in [6.45, 7) is 6.46. The van der Waals surface area contributed by atoms with E-state index in [1.807, 2.05) is 43.3 Å². The molecule has 1 aromatic carbocycles. The van der Waals surface area contributed by atoms with E-state index >= 15 is 0 Å². The Morgan fingerprint density at radius 1 is 1.28 bits per heavy atom. The minimum atomic E-state index is -0.441. The first-order chi connectivity index (χ1) is 11.9. The van der Waals surface area contributed by atoms with E-state index in [1.54, 1.807) is 16.1 Å². The smallest absolute Gasteiger partial charge is 0.265 e. The second-order valence-corrected chi connectivity index (χ2v) is 8.13. The number of para-hydroxylation sites is 1. The lowest BCUT2D eigenvalue weighted by atomic mass is 9.67. The van der Waals surface area contributed by atoms with Crippen LogP contribution in [0.15, 0.2) is 42.5 Å². The van der Waals surface area contributed by atoms with Gasteiger partial charge in [0.2, 0.25) is 0 Å². The maximum absolute atomic E-state index is 13.7. The van der Waals surface area contributed by atoms with Gasteiger partial charge in [-0.15, -0.1) is 0 Å². The van der Waals surface area contributed by atoms with Gasteiger partial charge >= 0.3 is 0 Å². The van der Waals surface area contributed by atoms with Crippen molar-refractivity contribution in [3.8, 4) is 0 Å². The zero-order chi connectivity index (χ0) is 17.8. The van der Waals surface area contributed by atoms with Crippen LogP contribution in [0.2, 0.25) is 0 Å². The minimum Gasteiger partial charge on any atom is -0.272 e. The topological polar surface area (TPSA) is 40.6 Å². The van der Waals surface area contributed by atoms with E-state index in [1.165, 1.54) is 0 Å². The number of fused-ring (bicyclic) bond motifs is 1. The first-order valence-electron chi connectivity index (χ1n) is 9.34. The number of carbonyl (C=O) groups is 2. The number of carbonyl (C=O) groups excluding carboxylic acids is 2. The first kappa shape index (κ1) is 16.4. The molecule has 3 atom stereocenters. The summed E-state index contributed by atoms with van der Waals surface area (Å²) in [5.41, 5.74) is 0.280. The number of amides is 2. The van der Waals surface area contributed by atoms with Gasteiger partial charge in [0.15, 0.2) is 0 Å². The Labute approximate surface area is 149 Å². The van der Waals surface area contributed by atoms with Crippen LogP contribution in [0.5, 0.6) is 0 Å². The van der Waals surface area contributed by atoms with Gasteiger partial charge in [-0.25, -0.2) is 10.0 Å². The first-order valence-corrected chi connectivity index (χ1v) is 9.34. The third kappa shape index (κ3) is 1.94. The fourth-order valence-electron chi connectivity index (χ4n) is 5.55. The molecule has 0 aromatic heterocycles. The van der Waals surface area contributed by atoms with E-state index in [-0.39, 0.29) is 23.3 Å². The number of hydrogen-bond acceptors (Lipinski definition) is 2. The largest absolute Gasteiger partial charge is 0.272 e. The standard InChI is InChI=1S/C21H26N2O2/c1-4-5-11-18(24)23-17-14-15-12-13-21(17,20(15,2)3)19(25)22(23)16-9-7-6-8-10-16/h5-11,15,17H,4,12-14H2,1-3H3/b11-5+/t15-,17-,21+/m1/s1. The molecule has 2 aliphatic carbocycles. The van der Waals surface area contributed by atoms with E-state index in [0.29, 0.717) is 5.92 Å². The molecule has 0 radical (unpaired) electrons. The van der Waals surface area contributed by atoms with Crippen LogP contribution in [0.4, 0.5) is 5.69 Å². The van der Waals surface area contributed by atoms with Crippen LogP contribution in [0.3, 0.4) is 0 Å². The minimum absolute atomic E-state index is 0.0250. The van der Waals surface area contributed by atoms with Crippen molar-refractivity contribution in [3.05, 3.63) is 42.5 Å². The van der Waals surface area contributed by atoms with Crippen LogP contribution in [-0.2, 0) is 9.59 Å². The van der Waals surface area contributed by atoms with Gasteiger partial charge in [0, 0.05) is 6.08 Å². The summed E-state index contributed by atoms with van der Waals surface area (Å²) in [4.78, 5) is 26.7. The van der Waals surface area contributed by atoms with E-state index < -0.39 is 5.41 Å². The van der Waals surface area contributed by atoms with Gasteiger partial charge in [-0.3, -0.25) is 9.59 Å². The zero-order valence-corrected chi connectivity index (χ0v) is 15.2. The quantitative estimate of drug-likeness (QED) is 0.783. The molecule has 3 fully saturated rings. The van der Waals surface area contributed by atoms with Crippen LogP contribution >= 0.6 is 0 Å². The number of benzene rings is 1. The second-order valence-electron chi connectivity index (χ2n) is 8.13. The Bertz CT molecular complexity index is 740. The van der Waals surface area contributed by atoms with Gasteiger partial charge in [0.05, 0.1) is 17.1 Å². The third-order valence-electron chi connectivity index (χ3n) is 6.94. The third-order valence-corrected chi connectivity index (χ3v) is 6.94. The highest BCUT2D eigenvalue weighted by atomic mass is 16.2. The molecule has 1 saturated heterocycles. The monoisotopic (exact) mass is 338 g/mol. The van der Waals surface area contributed by atoms with Crippen molar-refractivity contribution in [3.63, 3.8) is 0 Å². The molecule has 25 heavy (non-hydrogen) atoms. The highest BCUT2D eigenvalue weighted by Gasteiger charge is 2.75.